The lowest BCUT2D eigenvalue weighted by Crippen LogP contribution is -2.15. The average molecular weight is 298 g/mol. The smallest absolute Gasteiger partial charge is 0.252 e. The SMILES string of the molecule is CC(=O)Nc1ccc(CCNc2ccncc2C(N)=O)cc1. The standard InChI is InChI=1S/C16H18N4O2/c1-11(21)20-13-4-2-12(3-5-13)6-9-19-15-7-8-18-10-14(15)16(17)22/h2-5,7-8,10H,6,9H2,1H3,(H2,17,22)(H,18,19)(H,20,21). The molecule has 0 radical (unpaired) electrons. The van der Waals surface area contributed by atoms with Gasteiger partial charge in [0.15, 0.2) is 0 Å². The molecule has 0 saturated heterocycles. The highest BCUT2D eigenvalue weighted by atomic mass is 16.1. The van der Waals surface area contributed by atoms with E-state index in [1.54, 1.807) is 12.3 Å². The van der Waals surface area contributed by atoms with Crippen LogP contribution in [0.4, 0.5) is 11.4 Å². The Bertz CT molecular complexity index is 668. The van der Waals surface area contributed by atoms with E-state index in [1.165, 1.54) is 13.1 Å². The Morgan fingerprint density at radius 2 is 1.91 bits per heavy atom. The lowest BCUT2D eigenvalue weighted by molar-refractivity contribution is -0.114. The van der Waals surface area contributed by atoms with E-state index in [9.17, 15) is 9.59 Å². The van der Waals surface area contributed by atoms with Crippen molar-refractivity contribution in [3.63, 3.8) is 0 Å². The number of primary amides is 1. The number of pyridine rings is 1. The van der Waals surface area contributed by atoms with Gasteiger partial charge in [0.25, 0.3) is 5.91 Å². The Kier molecular flexibility index (Phi) is 5.08. The molecule has 4 N–H and O–H groups in total. The Hall–Kier alpha value is -2.89. The van der Waals surface area contributed by atoms with E-state index in [-0.39, 0.29) is 5.91 Å². The van der Waals surface area contributed by atoms with Crippen LogP contribution in [0.1, 0.15) is 22.8 Å². The molecule has 2 amide bonds. The number of nitrogens with two attached hydrogens (primary N) is 1. The molecule has 0 aliphatic heterocycles. The van der Waals surface area contributed by atoms with Gasteiger partial charge in [0.2, 0.25) is 5.91 Å². The first-order chi connectivity index (χ1) is 10.6. The molecule has 2 rings (SSSR count). The van der Waals surface area contributed by atoms with Crippen molar-refractivity contribution in [1.82, 2.24) is 4.98 Å². The number of aromatic nitrogens is 1. The second-order valence-corrected chi connectivity index (χ2v) is 4.84. The number of nitrogens with zero attached hydrogens (tertiary/aromatic N) is 1. The van der Waals surface area contributed by atoms with Gasteiger partial charge in [-0.15, -0.1) is 0 Å². The molecule has 0 spiro atoms. The van der Waals surface area contributed by atoms with Crippen molar-refractivity contribution in [3.8, 4) is 0 Å². The first-order valence-corrected chi connectivity index (χ1v) is 6.90. The van der Waals surface area contributed by atoms with E-state index in [2.05, 4.69) is 15.6 Å². The van der Waals surface area contributed by atoms with Crippen LogP contribution in [0, 0.1) is 0 Å². The minimum Gasteiger partial charge on any atom is -0.384 e. The highest BCUT2D eigenvalue weighted by Gasteiger charge is 2.07. The van der Waals surface area contributed by atoms with Crippen molar-refractivity contribution in [2.24, 2.45) is 5.73 Å². The molecule has 0 bridgehead atoms. The van der Waals surface area contributed by atoms with Gasteiger partial charge in [-0.2, -0.15) is 0 Å². The van der Waals surface area contributed by atoms with Crippen molar-refractivity contribution in [3.05, 3.63) is 53.9 Å². The summed E-state index contributed by atoms with van der Waals surface area (Å²) in [5, 5.41) is 5.90. The van der Waals surface area contributed by atoms with Crippen molar-refractivity contribution in [2.45, 2.75) is 13.3 Å². The molecule has 1 heterocycles. The van der Waals surface area contributed by atoms with Crippen LogP contribution in [0.15, 0.2) is 42.7 Å². The molecule has 22 heavy (non-hydrogen) atoms. The minimum atomic E-state index is -0.504. The summed E-state index contributed by atoms with van der Waals surface area (Å²) in [5.41, 5.74) is 8.25. The molecule has 1 aromatic heterocycles. The zero-order valence-corrected chi connectivity index (χ0v) is 12.3. The molecule has 6 nitrogen and oxygen atoms in total. The molecular weight excluding hydrogens is 280 g/mol. The molecule has 0 unspecified atom stereocenters. The van der Waals surface area contributed by atoms with E-state index in [1.807, 2.05) is 24.3 Å². The predicted molar refractivity (Wildman–Crippen MR) is 85.7 cm³/mol. The summed E-state index contributed by atoms with van der Waals surface area (Å²) in [5.74, 6) is -0.596. The molecule has 0 fully saturated rings. The Morgan fingerprint density at radius 1 is 1.18 bits per heavy atom. The largest absolute Gasteiger partial charge is 0.384 e. The molecule has 0 saturated carbocycles. The summed E-state index contributed by atoms with van der Waals surface area (Å²) < 4.78 is 0. The maximum atomic E-state index is 11.3. The fourth-order valence-corrected chi connectivity index (χ4v) is 2.04. The molecule has 2 aromatic rings. The number of anilines is 2. The summed E-state index contributed by atoms with van der Waals surface area (Å²) in [6.45, 7) is 2.13. The first-order valence-electron chi connectivity index (χ1n) is 6.90. The van der Waals surface area contributed by atoms with Gasteiger partial charge in [-0.25, -0.2) is 0 Å². The second-order valence-electron chi connectivity index (χ2n) is 4.84. The predicted octanol–water partition coefficient (Wildman–Crippen LogP) is 1.79. The van der Waals surface area contributed by atoms with Gasteiger partial charge < -0.3 is 16.4 Å². The maximum Gasteiger partial charge on any atom is 0.252 e. The van der Waals surface area contributed by atoms with E-state index in [4.69, 9.17) is 5.73 Å². The van der Waals surface area contributed by atoms with Crippen LogP contribution < -0.4 is 16.4 Å². The van der Waals surface area contributed by atoms with E-state index in [0.717, 1.165) is 17.7 Å². The minimum absolute atomic E-state index is 0.0916. The van der Waals surface area contributed by atoms with Crippen LogP contribution in [-0.2, 0) is 11.2 Å². The highest BCUT2D eigenvalue weighted by Crippen LogP contribution is 2.14. The second kappa shape index (κ2) is 7.21. The fourth-order valence-electron chi connectivity index (χ4n) is 2.04. The van der Waals surface area contributed by atoms with Crippen LogP contribution >= 0.6 is 0 Å². The fraction of sp³-hybridized carbons (Fsp3) is 0.188. The van der Waals surface area contributed by atoms with E-state index in [0.29, 0.717) is 17.8 Å². The number of rotatable bonds is 6. The summed E-state index contributed by atoms with van der Waals surface area (Å²) >= 11 is 0. The van der Waals surface area contributed by atoms with Gasteiger partial charge in [0.05, 0.1) is 11.3 Å². The lowest BCUT2D eigenvalue weighted by atomic mass is 10.1. The number of benzene rings is 1. The van der Waals surface area contributed by atoms with Gasteiger partial charge >= 0.3 is 0 Å². The molecule has 1 aromatic carbocycles. The van der Waals surface area contributed by atoms with Gasteiger partial charge in [0.1, 0.15) is 0 Å². The van der Waals surface area contributed by atoms with Crippen LogP contribution in [0.25, 0.3) is 0 Å². The van der Waals surface area contributed by atoms with Crippen LogP contribution in [0.5, 0.6) is 0 Å². The Morgan fingerprint density at radius 3 is 2.55 bits per heavy atom. The zero-order chi connectivity index (χ0) is 15.9. The monoisotopic (exact) mass is 298 g/mol. The molecule has 6 heteroatoms. The number of carbonyl (C=O) groups excluding carboxylic acids is 2. The third kappa shape index (κ3) is 4.31. The first kappa shape index (κ1) is 15.5. The molecular formula is C16H18N4O2. The number of amides is 2. The number of hydrogen-bond donors (Lipinski definition) is 3. The maximum absolute atomic E-state index is 11.3. The number of hydrogen-bond acceptors (Lipinski definition) is 4. The normalized spacial score (nSPS) is 10.0. The van der Waals surface area contributed by atoms with Crippen molar-refractivity contribution >= 4 is 23.2 Å². The molecule has 114 valence electrons. The Balaban J connectivity index is 1.91. The van der Waals surface area contributed by atoms with Gasteiger partial charge in [-0.1, -0.05) is 12.1 Å². The summed E-state index contributed by atoms with van der Waals surface area (Å²) in [4.78, 5) is 26.1. The van der Waals surface area contributed by atoms with E-state index >= 15 is 0 Å². The third-order valence-corrected chi connectivity index (χ3v) is 3.09. The van der Waals surface area contributed by atoms with Crippen molar-refractivity contribution in [1.29, 1.82) is 0 Å². The van der Waals surface area contributed by atoms with Crippen LogP contribution in [0.3, 0.4) is 0 Å². The summed E-state index contributed by atoms with van der Waals surface area (Å²) in [7, 11) is 0. The van der Waals surface area contributed by atoms with Gasteiger partial charge in [-0.3, -0.25) is 14.6 Å². The van der Waals surface area contributed by atoms with Crippen LogP contribution in [-0.4, -0.2) is 23.3 Å². The third-order valence-electron chi connectivity index (χ3n) is 3.09. The molecule has 0 aliphatic carbocycles. The average Bonchev–Trinajstić information content (AvgIpc) is 2.49. The number of carbonyl (C=O) groups is 2. The van der Waals surface area contributed by atoms with Crippen molar-refractivity contribution in [2.75, 3.05) is 17.2 Å². The zero-order valence-electron chi connectivity index (χ0n) is 12.3. The molecule has 0 atom stereocenters. The van der Waals surface area contributed by atoms with Gasteiger partial charge in [0, 0.05) is 31.5 Å². The topological polar surface area (TPSA) is 97.1 Å². The highest BCUT2D eigenvalue weighted by molar-refractivity contribution is 5.98. The lowest BCUT2D eigenvalue weighted by Gasteiger charge is -2.10. The quantitative estimate of drug-likeness (QED) is 0.757. The summed E-state index contributed by atoms with van der Waals surface area (Å²) in [6, 6.07) is 9.35. The van der Waals surface area contributed by atoms with Gasteiger partial charge in [-0.05, 0) is 30.2 Å². The van der Waals surface area contributed by atoms with E-state index < -0.39 is 5.91 Å². The molecule has 0 aliphatic rings. The van der Waals surface area contributed by atoms with Crippen molar-refractivity contribution < 1.29 is 9.59 Å². The Labute approximate surface area is 128 Å². The number of nitrogens with one attached hydrogen (secondary N) is 2. The van der Waals surface area contributed by atoms with Crippen LogP contribution in [0.2, 0.25) is 0 Å². The summed E-state index contributed by atoms with van der Waals surface area (Å²) in [6.07, 6.45) is 3.84.